The molecule has 0 heterocycles. The van der Waals surface area contributed by atoms with Crippen LogP contribution in [0.5, 0.6) is 11.5 Å². The molecule has 2 N–H and O–H groups in total. The number of anilines is 1. The maximum absolute atomic E-state index is 6.16. The second kappa shape index (κ2) is 9.64. The van der Waals surface area contributed by atoms with E-state index in [2.05, 4.69) is 10.6 Å². The van der Waals surface area contributed by atoms with Crippen LogP contribution in [0.1, 0.15) is 37.9 Å². The summed E-state index contributed by atoms with van der Waals surface area (Å²) in [6.07, 6.45) is 0. The third kappa shape index (κ3) is 5.51. The zero-order valence-electron chi connectivity index (χ0n) is 15.6. The van der Waals surface area contributed by atoms with Gasteiger partial charge in [0.15, 0.2) is 16.6 Å². The Kier molecular flexibility index (Phi) is 7.54. The smallest absolute Gasteiger partial charge is 0.171 e. The van der Waals surface area contributed by atoms with Gasteiger partial charge < -0.3 is 20.1 Å². The predicted octanol–water partition coefficient (Wildman–Crippen LogP) is 5.49. The van der Waals surface area contributed by atoms with Gasteiger partial charge in [-0.3, -0.25) is 0 Å². The van der Waals surface area contributed by atoms with Crippen molar-refractivity contribution in [1.29, 1.82) is 0 Å². The molecule has 2 aromatic carbocycles. The lowest BCUT2D eigenvalue weighted by atomic mass is 10.1. The summed E-state index contributed by atoms with van der Waals surface area (Å²) in [7, 11) is 0. The van der Waals surface area contributed by atoms with Crippen LogP contribution >= 0.6 is 23.8 Å². The van der Waals surface area contributed by atoms with Crippen molar-refractivity contribution in [3.05, 3.63) is 52.5 Å². The predicted molar refractivity (Wildman–Crippen MR) is 113 cm³/mol. The fraction of sp³-hybridized carbons (Fsp3) is 0.350. The van der Waals surface area contributed by atoms with Crippen LogP contribution in [0, 0.1) is 6.92 Å². The van der Waals surface area contributed by atoms with E-state index in [0.29, 0.717) is 23.3 Å². The molecule has 0 saturated heterocycles. The molecule has 0 spiro atoms. The van der Waals surface area contributed by atoms with E-state index in [0.717, 1.165) is 28.3 Å². The molecule has 0 unspecified atom stereocenters. The summed E-state index contributed by atoms with van der Waals surface area (Å²) in [5.41, 5.74) is 2.94. The quantitative estimate of drug-likeness (QED) is 0.609. The number of aryl methyl sites for hydroxylation is 1. The zero-order chi connectivity index (χ0) is 19.1. The number of benzene rings is 2. The van der Waals surface area contributed by atoms with Crippen LogP contribution < -0.4 is 20.1 Å². The molecule has 6 heteroatoms. The van der Waals surface area contributed by atoms with Gasteiger partial charge in [-0.05, 0) is 75.3 Å². The standard InChI is InChI=1S/C20H25ClN2O2S/c1-5-24-18-10-8-15(11-19(18)25-6-2)14(4)22-20(26)23-16-9-7-13(3)17(21)12-16/h7-12,14H,5-6H2,1-4H3,(H2,22,23,26)/t14-/m1/s1. The minimum atomic E-state index is 0.00537. The highest BCUT2D eigenvalue weighted by molar-refractivity contribution is 7.80. The molecule has 140 valence electrons. The average molecular weight is 393 g/mol. The first-order valence-corrected chi connectivity index (χ1v) is 9.46. The van der Waals surface area contributed by atoms with Gasteiger partial charge in [0.25, 0.3) is 0 Å². The molecule has 0 aliphatic heterocycles. The molecule has 0 bridgehead atoms. The van der Waals surface area contributed by atoms with E-state index >= 15 is 0 Å². The highest BCUT2D eigenvalue weighted by Gasteiger charge is 2.12. The second-order valence-electron chi connectivity index (χ2n) is 5.86. The van der Waals surface area contributed by atoms with E-state index in [-0.39, 0.29) is 6.04 Å². The van der Waals surface area contributed by atoms with Crippen molar-refractivity contribution in [3.8, 4) is 11.5 Å². The van der Waals surface area contributed by atoms with E-state index in [1.807, 2.05) is 64.1 Å². The molecule has 0 amide bonds. The Morgan fingerprint density at radius 1 is 1.08 bits per heavy atom. The first-order valence-electron chi connectivity index (χ1n) is 8.67. The van der Waals surface area contributed by atoms with Crippen LogP contribution in [0.3, 0.4) is 0 Å². The number of hydrogen-bond acceptors (Lipinski definition) is 3. The fourth-order valence-electron chi connectivity index (χ4n) is 2.45. The van der Waals surface area contributed by atoms with Gasteiger partial charge in [-0.25, -0.2) is 0 Å². The zero-order valence-corrected chi connectivity index (χ0v) is 17.1. The van der Waals surface area contributed by atoms with E-state index in [1.165, 1.54) is 0 Å². The Morgan fingerprint density at radius 2 is 1.77 bits per heavy atom. The van der Waals surface area contributed by atoms with E-state index in [4.69, 9.17) is 33.3 Å². The van der Waals surface area contributed by atoms with Gasteiger partial charge in [-0.2, -0.15) is 0 Å². The minimum Gasteiger partial charge on any atom is -0.490 e. The van der Waals surface area contributed by atoms with Crippen molar-refractivity contribution >= 4 is 34.6 Å². The number of hydrogen-bond donors (Lipinski definition) is 2. The molecule has 0 aromatic heterocycles. The summed E-state index contributed by atoms with van der Waals surface area (Å²) in [6, 6.07) is 11.7. The lowest BCUT2D eigenvalue weighted by Gasteiger charge is -2.19. The first-order chi connectivity index (χ1) is 12.4. The third-order valence-corrected chi connectivity index (χ3v) is 4.47. The molecule has 0 aliphatic rings. The molecule has 1 atom stereocenters. The minimum absolute atomic E-state index is 0.00537. The van der Waals surface area contributed by atoms with Gasteiger partial charge in [0.05, 0.1) is 19.3 Å². The number of nitrogens with one attached hydrogen (secondary N) is 2. The molecule has 2 aromatic rings. The SMILES string of the molecule is CCOc1ccc([C@@H](C)NC(=S)Nc2ccc(C)c(Cl)c2)cc1OCC. The second-order valence-corrected chi connectivity index (χ2v) is 6.67. The van der Waals surface area contributed by atoms with Gasteiger partial charge in [0.2, 0.25) is 0 Å². The van der Waals surface area contributed by atoms with Gasteiger partial charge in [-0.1, -0.05) is 23.7 Å². The summed E-state index contributed by atoms with van der Waals surface area (Å²) in [5, 5.41) is 7.68. The van der Waals surface area contributed by atoms with E-state index in [9.17, 15) is 0 Å². The molecule has 0 fully saturated rings. The Balaban J connectivity index is 2.05. The normalized spacial score (nSPS) is 11.6. The van der Waals surface area contributed by atoms with Crippen molar-refractivity contribution in [3.63, 3.8) is 0 Å². The van der Waals surface area contributed by atoms with Crippen molar-refractivity contribution in [2.45, 2.75) is 33.7 Å². The third-order valence-electron chi connectivity index (χ3n) is 3.84. The fourth-order valence-corrected chi connectivity index (χ4v) is 2.93. The molecule has 2 rings (SSSR count). The molecular formula is C20H25ClN2O2S. The lowest BCUT2D eigenvalue weighted by molar-refractivity contribution is 0.287. The Bertz CT molecular complexity index is 767. The molecule has 26 heavy (non-hydrogen) atoms. The maximum Gasteiger partial charge on any atom is 0.171 e. The monoisotopic (exact) mass is 392 g/mol. The largest absolute Gasteiger partial charge is 0.490 e. The summed E-state index contributed by atoms with van der Waals surface area (Å²) >= 11 is 11.6. The number of thiocarbonyl (C=S) groups is 1. The van der Waals surface area contributed by atoms with Crippen LogP contribution in [0.4, 0.5) is 5.69 Å². The van der Waals surface area contributed by atoms with Gasteiger partial charge >= 0.3 is 0 Å². The van der Waals surface area contributed by atoms with Crippen molar-refractivity contribution < 1.29 is 9.47 Å². The van der Waals surface area contributed by atoms with Crippen LogP contribution in [0.25, 0.3) is 0 Å². The van der Waals surface area contributed by atoms with E-state index in [1.54, 1.807) is 0 Å². The lowest BCUT2D eigenvalue weighted by Crippen LogP contribution is -2.30. The molecule has 4 nitrogen and oxygen atoms in total. The van der Waals surface area contributed by atoms with E-state index < -0.39 is 0 Å². The summed E-state index contributed by atoms with van der Waals surface area (Å²) in [5.74, 6) is 1.49. The van der Waals surface area contributed by atoms with Crippen LogP contribution in [0.2, 0.25) is 5.02 Å². The maximum atomic E-state index is 6.16. The number of rotatable bonds is 7. The summed E-state index contributed by atoms with van der Waals surface area (Å²) < 4.78 is 11.3. The highest BCUT2D eigenvalue weighted by atomic mass is 35.5. The summed E-state index contributed by atoms with van der Waals surface area (Å²) in [4.78, 5) is 0. The molecule has 0 aliphatic carbocycles. The topological polar surface area (TPSA) is 42.5 Å². The van der Waals surface area contributed by atoms with Gasteiger partial charge in [-0.15, -0.1) is 0 Å². The van der Waals surface area contributed by atoms with Crippen molar-refractivity contribution in [1.82, 2.24) is 5.32 Å². The molecule has 0 radical (unpaired) electrons. The van der Waals surface area contributed by atoms with Crippen LogP contribution in [0.15, 0.2) is 36.4 Å². The Morgan fingerprint density at radius 3 is 2.42 bits per heavy atom. The summed E-state index contributed by atoms with van der Waals surface area (Å²) in [6.45, 7) is 9.10. The Hall–Kier alpha value is -1.98. The van der Waals surface area contributed by atoms with Crippen LogP contribution in [-0.2, 0) is 0 Å². The molecule has 0 saturated carbocycles. The number of ether oxygens (including phenoxy) is 2. The highest BCUT2D eigenvalue weighted by Crippen LogP contribution is 2.30. The van der Waals surface area contributed by atoms with Gasteiger partial charge in [0.1, 0.15) is 0 Å². The first kappa shape index (κ1) is 20.3. The average Bonchev–Trinajstić information content (AvgIpc) is 2.60. The molecular weight excluding hydrogens is 368 g/mol. The van der Waals surface area contributed by atoms with Crippen LogP contribution in [-0.4, -0.2) is 18.3 Å². The van der Waals surface area contributed by atoms with Gasteiger partial charge in [0, 0.05) is 10.7 Å². The van der Waals surface area contributed by atoms with Crippen molar-refractivity contribution in [2.75, 3.05) is 18.5 Å². The van der Waals surface area contributed by atoms with Crippen molar-refractivity contribution in [2.24, 2.45) is 0 Å². The number of halogens is 1. The Labute approximate surface area is 165 Å².